The molecule has 0 aromatic rings. The lowest BCUT2D eigenvalue weighted by Gasteiger charge is -2.27. The molecule has 0 aliphatic heterocycles. The molecule has 0 bridgehead atoms. The number of sulfone groups is 1. The highest BCUT2D eigenvalue weighted by Crippen LogP contribution is 2.08. The van der Waals surface area contributed by atoms with Crippen molar-refractivity contribution >= 4 is 21.7 Å². The lowest BCUT2D eigenvalue weighted by Crippen LogP contribution is -2.42. The first kappa shape index (κ1) is 17.9. The van der Waals surface area contributed by atoms with Crippen molar-refractivity contribution in [3.05, 3.63) is 0 Å². The Bertz CT molecular complexity index is 404. The van der Waals surface area contributed by atoms with Gasteiger partial charge in [0.2, 0.25) is 5.91 Å². The largest absolute Gasteiger partial charge is 0.481 e. The zero-order valence-electron chi connectivity index (χ0n) is 11.8. The van der Waals surface area contributed by atoms with Gasteiger partial charge in [-0.15, -0.1) is 0 Å². The van der Waals surface area contributed by atoms with Crippen molar-refractivity contribution in [1.82, 2.24) is 4.90 Å². The van der Waals surface area contributed by atoms with Gasteiger partial charge in [0.05, 0.1) is 5.75 Å². The number of nitrogens with zero attached hydrogens (tertiary/aromatic N) is 1. The molecule has 0 fully saturated rings. The maximum atomic E-state index is 11.9. The van der Waals surface area contributed by atoms with Gasteiger partial charge in [0, 0.05) is 31.7 Å². The van der Waals surface area contributed by atoms with Crippen LogP contribution in [0.25, 0.3) is 0 Å². The fourth-order valence-corrected chi connectivity index (χ4v) is 3.01. The van der Waals surface area contributed by atoms with E-state index in [0.29, 0.717) is 19.4 Å². The molecule has 0 radical (unpaired) electrons. The minimum absolute atomic E-state index is 0.0539. The monoisotopic (exact) mass is 293 g/mol. The highest BCUT2D eigenvalue weighted by atomic mass is 32.2. The SMILES string of the molecule is CCN(C(=O)CCCCC(=O)O)C(C)CS(C)(=O)=O. The molecule has 0 aliphatic rings. The summed E-state index contributed by atoms with van der Waals surface area (Å²) in [6, 6.07) is -0.355. The molecule has 0 aromatic heterocycles. The third-order valence-electron chi connectivity index (χ3n) is 2.77. The van der Waals surface area contributed by atoms with E-state index in [9.17, 15) is 18.0 Å². The van der Waals surface area contributed by atoms with E-state index in [4.69, 9.17) is 5.11 Å². The number of amides is 1. The summed E-state index contributed by atoms with van der Waals surface area (Å²) in [7, 11) is -3.12. The summed E-state index contributed by atoms with van der Waals surface area (Å²) in [6.45, 7) is 3.96. The first-order chi connectivity index (χ1) is 8.67. The van der Waals surface area contributed by atoms with Crippen molar-refractivity contribution < 1.29 is 23.1 Å². The number of carbonyl (C=O) groups excluding carboxylic acids is 1. The zero-order valence-corrected chi connectivity index (χ0v) is 12.6. The van der Waals surface area contributed by atoms with E-state index in [1.807, 2.05) is 0 Å². The van der Waals surface area contributed by atoms with E-state index in [1.165, 1.54) is 4.90 Å². The van der Waals surface area contributed by atoms with Gasteiger partial charge in [0.15, 0.2) is 0 Å². The summed E-state index contributed by atoms with van der Waals surface area (Å²) in [5, 5.41) is 8.49. The minimum atomic E-state index is -3.12. The van der Waals surface area contributed by atoms with Crippen LogP contribution in [-0.2, 0) is 19.4 Å². The van der Waals surface area contributed by atoms with Gasteiger partial charge in [-0.3, -0.25) is 9.59 Å². The average Bonchev–Trinajstić information content (AvgIpc) is 2.22. The molecule has 0 rings (SSSR count). The third kappa shape index (κ3) is 8.58. The molecule has 0 aliphatic carbocycles. The fraction of sp³-hybridized carbons (Fsp3) is 0.833. The summed E-state index contributed by atoms with van der Waals surface area (Å²) in [4.78, 5) is 23.8. The molecule has 0 heterocycles. The molecule has 1 unspecified atom stereocenters. The first-order valence-corrected chi connectivity index (χ1v) is 8.42. The molecular weight excluding hydrogens is 270 g/mol. The highest BCUT2D eigenvalue weighted by molar-refractivity contribution is 7.90. The number of rotatable bonds is 9. The van der Waals surface area contributed by atoms with Gasteiger partial charge in [0.25, 0.3) is 0 Å². The van der Waals surface area contributed by atoms with E-state index >= 15 is 0 Å². The van der Waals surface area contributed by atoms with Crippen LogP contribution in [0.1, 0.15) is 39.5 Å². The first-order valence-electron chi connectivity index (χ1n) is 6.36. The van der Waals surface area contributed by atoms with E-state index < -0.39 is 15.8 Å². The Kier molecular flexibility index (Phi) is 7.66. The molecule has 112 valence electrons. The molecule has 0 saturated carbocycles. The van der Waals surface area contributed by atoms with Crippen LogP contribution in [0, 0.1) is 0 Å². The van der Waals surface area contributed by atoms with Crippen LogP contribution in [0.4, 0.5) is 0 Å². The quantitative estimate of drug-likeness (QED) is 0.638. The lowest BCUT2D eigenvalue weighted by molar-refractivity contribution is -0.137. The van der Waals surface area contributed by atoms with Crippen LogP contribution < -0.4 is 0 Å². The third-order valence-corrected chi connectivity index (χ3v) is 3.86. The van der Waals surface area contributed by atoms with E-state index in [2.05, 4.69) is 0 Å². The van der Waals surface area contributed by atoms with Gasteiger partial charge in [-0.05, 0) is 26.7 Å². The van der Waals surface area contributed by atoms with Crippen LogP contribution in [0.2, 0.25) is 0 Å². The molecule has 1 atom stereocenters. The second-order valence-corrected chi connectivity index (χ2v) is 6.91. The highest BCUT2D eigenvalue weighted by Gasteiger charge is 2.21. The number of carboxylic acid groups (broad SMARTS) is 1. The molecule has 6 nitrogen and oxygen atoms in total. The van der Waals surface area contributed by atoms with Crippen LogP contribution in [-0.4, -0.2) is 54.9 Å². The van der Waals surface area contributed by atoms with Gasteiger partial charge in [-0.25, -0.2) is 8.42 Å². The van der Waals surface area contributed by atoms with Crippen molar-refractivity contribution in [2.75, 3.05) is 18.6 Å². The van der Waals surface area contributed by atoms with Gasteiger partial charge in [-0.2, -0.15) is 0 Å². The fourth-order valence-electron chi connectivity index (χ4n) is 1.96. The van der Waals surface area contributed by atoms with E-state index in [0.717, 1.165) is 6.26 Å². The number of carboxylic acids is 1. The normalized spacial score (nSPS) is 13.0. The Morgan fingerprint density at radius 1 is 1.21 bits per heavy atom. The van der Waals surface area contributed by atoms with Crippen LogP contribution in [0.15, 0.2) is 0 Å². The molecule has 0 aromatic carbocycles. The Morgan fingerprint density at radius 3 is 2.16 bits per heavy atom. The Balaban J connectivity index is 4.28. The second-order valence-electron chi connectivity index (χ2n) is 4.72. The average molecular weight is 293 g/mol. The van der Waals surface area contributed by atoms with Crippen molar-refractivity contribution in [2.45, 2.75) is 45.6 Å². The Morgan fingerprint density at radius 2 is 1.74 bits per heavy atom. The zero-order chi connectivity index (χ0) is 15.1. The maximum Gasteiger partial charge on any atom is 0.303 e. The smallest absolute Gasteiger partial charge is 0.303 e. The van der Waals surface area contributed by atoms with Crippen LogP contribution >= 0.6 is 0 Å². The second kappa shape index (κ2) is 8.14. The molecule has 7 heteroatoms. The van der Waals surface area contributed by atoms with Gasteiger partial charge in [-0.1, -0.05) is 0 Å². The van der Waals surface area contributed by atoms with E-state index in [1.54, 1.807) is 13.8 Å². The predicted molar refractivity (Wildman–Crippen MR) is 72.7 cm³/mol. The molecule has 19 heavy (non-hydrogen) atoms. The molecular formula is C12H23NO5S. The number of carbonyl (C=O) groups is 2. The Hall–Kier alpha value is -1.11. The molecule has 0 saturated heterocycles. The summed E-state index contributed by atoms with van der Waals surface area (Å²) in [6.07, 6.45) is 2.43. The number of aliphatic carboxylic acids is 1. The summed E-state index contributed by atoms with van der Waals surface area (Å²) in [5.74, 6) is -1.05. The van der Waals surface area contributed by atoms with Crippen LogP contribution in [0.5, 0.6) is 0 Å². The minimum Gasteiger partial charge on any atom is -0.481 e. The standard InChI is InChI=1S/C12H23NO5S/c1-4-13(10(2)9-19(3,17)18)11(14)7-5-6-8-12(15)16/h10H,4-9H2,1-3H3,(H,15,16). The van der Waals surface area contributed by atoms with Crippen molar-refractivity contribution in [3.8, 4) is 0 Å². The summed E-state index contributed by atoms with van der Waals surface area (Å²) >= 11 is 0. The van der Waals surface area contributed by atoms with Crippen molar-refractivity contribution in [2.24, 2.45) is 0 Å². The van der Waals surface area contributed by atoms with Gasteiger partial charge >= 0.3 is 5.97 Å². The van der Waals surface area contributed by atoms with Crippen molar-refractivity contribution in [1.29, 1.82) is 0 Å². The summed E-state index contributed by atoms with van der Waals surface area (Å²) in [5.41, 5.74) is 0. The molecule has 1 N–H and O–H groups in total. The Labute approximate surface area is 114 Å². The van der Waals surface area contributed by atoms with Crippen LogP contribution in [0.3, 0.4) is 0 Å². The molecule has 0 spiro atoms. The molecule has 1 amide bonds. The number of hydrogen-bond donors (Lipinski definition) is 1. The van der Waals surface area contributed by atoms with Gasteiger partial charge in [0.1, 0.15) is 9.84 Å². The number of unbranched alkanes of at least 4 members (excludes halogenated alkanes) is 1. The summed E-state index contributed by atoms with van der Waals surface area (Å²) < 4.78 is 22.4. The van der Waals surface area contributed by atoms with Gasteiger partial charge < -0.3 is 10.0 Å². The van der Waals surface area contributed by atoms with E-state index in [-0.39, 0.29) is 30.5 Å². The topological polar surface area (TPSA) is 91.8 Å². The lowest BCUT2D eigenvalue weighted by atomic mass is 10.1. The predicted octanol–water partition coefficient (Wildman–Crippen LogP) is 0.913. The van der Waals surface area contributed by atoms with Crippen molar-refractivity contribution in [3.63, 3.8) is 0 Å². The maximum absolute atomic E-state index is 11.9. The number of hydrogen-bond acceptors (Lipinski definition) is 4.